The van der Waals surface area contributed by atoms with Crippen molar-refractivity contribution in [2.45, 2.75) is 25.8 Å². The van der Waals surface area contributed by atoms with Crippen molar-refractivity contribution in [1.82, 2.24) is 5.32 Å². The molecule has 0 spiro atoms. The van der Waals surface area contributed by atoms with Gasteiger partial charge in [0.1, 0.15) is 10.6 Å². The maximum Gasteiger partial charge on any atom is 0.263 e. The van der Waals surface area contributed by atoms with Crippen LogP contribution in [0.4, 0.5) is 5.69 Å². The van der Waals surface area contributed by atoms with Crippen molar-refractivity contribution >= 4 is 33.0 Å². The number of rotatable bonds is 5. The molecule has 4 nitrogen and oxygen atoms in total. The standard InChI is InChI=1S/C16H18N2O2S/c1-4-7-10(5-2)18-16(19)15-14(17)13-11(20-3)8-6-9-12(13)21-15/h1,6,8-10H,5,7,17H2,2-3H3,(H,18,19). The largest absolute Gasteiger partial charge is 0.496 e. The summed E-state index contributed by atoms with van der Waals surface area (Å²) in [5.41, 5.74) is 6.60. The SMILES string of the molecule is C#CCC(CC)NC(=O)c1sc2cccc(OC)c2c1N. The topological polar surface area (TPSA) is 64.3 Å². The summed E-state index contributed by atoms with van der Waals surface area (Å²) < 4.78 is 6.24. The third kappa shape index (κ3) is 2.96. The highest BCUT2D eigenvalue weighted by atomic mass is 32.1. The molecule has 0 aliphatic carbocycles. The lowest BCUT2D eigenvalue weighted by molar-refractivity contribution is 0.0941. The van der Waals surface area contributed by atoms with E-state index in [1.165, 1.54) is 11.3 Å². The molecule has 1 unspecified atom stereocenters. The summed E-state index contributed by atoms with van der Waals surface area (Å²) in [7, 11) is 1.59. The fraction of sp³-hybridized carbons (Fsp3) is 0.312. The van der Waals surface area contributed by atoms with Crippen molar-refractivity contribution in [1.29, 1.82) is 0 Å². The molecule has 3 N–H and O–H groups in total. The first-order chi connectivity index (χ1) is 10.1. The van der Waals surface area contributed by atoms with Gasteiger partial charge in [-0.3, -0.25) is 4.79 Å². The molecule has 1 heterocycles. The number of ether oxygens (including phenoxy) is 1. The molecule has 0 fully saturated rings. The molecule has 110 valence electrons. The normalized spacial score (nSPS) is 11.9. The van der Waals surface area contributed by atoms with Gasteiger partial charge in [0.15, 0.2) is 0 Å². The van der Waals surface area contributed by atoms with Crippen LogP contribution in [0.15, 0.2) is 18.2 Å². The number of benzene rings is 1. The smallest absolute Gasteiger partial charge is 0.263 e. The number of anilines is 1. The molecule has 0 bridgehead atoms. The minimum atomic E-state index is -0.183. The van der Waals surface area contributed by atoms with E-state index in [1.807, 2.05) is 25.1 Å². The Balaban J connectivity index is 2.36. The fourth-order valence-corrected chi connectivity index (χ4v) is 3.21. The number of nitrogen functional groups attached to an aromatic ring is 1. The summed E-state index contributed by atoms with van der Waals surface area (Å²) in [6.07, 6.45) is 6.60. The van der Waals surface area contributed by atoms with Crippen molar-refractivity contribution < 1.29 is 9.53 Å². The van der Waals surface area contributed by atoms with Crippen molar-refractivity contribution in [2.75, 3.05) is 12.8 Å². The van der Waals surface area contributed by atoms with Gasteiger partial charge in [-0.1, -0.05) is 13.0 Å². The Bertz CT molecular complexity index is 700. The van der Waals surface area contributed by atoms with Crippen LogP contribution in [0.2, 0.25) is 0 Å². The molecular formula is C16H18N2O2S. The Labute approximate surface area is 128 Å². The van der Waals surface area contributed by atoms with Gasteiger partial charge in [0.05, 0.1) is 18.2 Å². The first kappa shape index (κ1) is 15.2. The molecule has 0 radical (unpaired) electrons. The number of nitrogens with one attached hydrogen (secondary N) is 1. The van der Waals surface area contributed by atoms with Gasteiger partial charge in [-0.15, -0.1) is 23.7 Å². The number of carbonyl (C=O) groups excluding carboxylic acids is 1. The Hall–Kier alpha value is -2.19. The Morgan fingerprint density at radius 2 is 2.33 bits per heavy atom. The van der Waals surface area contributed by atoms with E-state index < -0.39 is 0 Å². The van der Waals surface area contributed by atoms with Crippen LogP contribution in [-0.2, 0) is 0 Å². The van der Waals surface area contributed by atoms with E-state index in [9.17, 15) is 4.79 Å². The van der Waals surface area contributed by atoms with Gasteiger partial charge < -0.3 is 15.8 Å². The van der Waals surface area contributed by atoms with Crippen molar-refractivity contribution in [3.8, 4) is 18.1 Å². The lowest BCUT2D eigenvalue weighted by Gasteiger charge is -2.13. The number of hydrogen-bond acceptors (Lipinski definition) is 4. The highest BCUT2D eigenvalue weighted by molar-refractivity contribution is 7.21. The average Bonchev–Trinajstić information content (AvgIpc) is 2.84. The third-order valence-electron chi connectivity index (χ3n) is 3.33. The number of thiophene rings is 1. The van der Waals surface area contributed by atoms with Crippen LogP contribution in [0.1, 0.15) is 29.4 Å². The monoisotopic (exact) mass is 302 g/mol. The molecule has 2 aromatic rings. The van der Waals surface area contributed by atoms with Gasteiger partial charge in [0, 0.05) is 17.2 Å². The van der Waals surface area contributed by atoms with Gasteiger partial charge in [0.25, 0.3) is 5.91 Å². The second kappa shape index (κ2) is 6.51. The van der Waals surface area contributed by atoms with Gasteiger partial charge in [-0.2, -0.15) is 0 Å². The van der Waals surface area contributed by atoms with E-state index >= 15 is 0 Å². The van der Waals surface area contributed by atoms with Gasteiger partial charge in [0.2, 0.25) is 0 Å². The molecule has 0 aliphatic heterocycles. The molecule has 2 rings (SSSR count). The lowest BCUT2D eigenvalue weighted by atomic mass is 10.1. The molecule has 1 aromatic heterocycles. The zero-order valence-electron chi connectivity index (χ0n) is 12.1. The quantitative estimate of drug-likeness (QED) is 0.834. The van der Waals surface area contributed by atoms with E-state index in [1.54, 1.807) is 7.11 Å². The molecule has 0 saturated carbocycles. The molecule has 0 saturated heterocycles. The van der Waals surface area contributed by atoms with Crippen LogP contribution in [0.3, 0.4) is 0 Å². The van der Waals surface area contributed by atoms with Gasteiger partial charge in [-0.05, 0) is 18.6 Å². The van der Waals surface area contributed by atoms with Crippen molar-refractivity contribution in [3.63, 3.8) is 0 Å². The number of carbonyl (C=O) groups is 1. The van der Waals surface area contributed by atoms with Crippen LogP contribution in [-0.4, -0.2) is 19.1 Å². The summed E-state index contributed by atoms with van der Waals surface area (Å²) in [4.78, 5) is 12.9. The maximum atomic E-state index is 12.4. The van der Waals surface area contributed by atoms with E-state index in [0.29, 0.717) is 22.7 Å². The Morgan fingerprint density at radius 3 is 2.95 bits per heavy atom. The van der Waals surface area contributed by atoms with E-state index in [4.69, 9.17) is 16.9 Å². The van der Waals surface area contributed by atoms with E-state index in [-0.39, 0.29) is 11.9 Å². The number of hydrogen-bond donors (Lipinski definition) is 2. The third-order valence-corrected chi connectivity index (χ3v) is 4.50. The average molecular weight is 302 g/mol. The molecular weight excluding hydrogens is 284 g/mol. The van der Waals surface area contributed by atoms with E-state index in [0.717, 1.165) is 16.5 Å². The zero-order valence-corrected chi connectivity index (χ0v) is 12.9. The zero-order chi connectivity index (χ0) is 15.4. The van der Waals surface area contributed by atoms with Crippen LogP contribution >= 0.6 is 11.3 Å². The number of methoxy groups -OCH3 is 1. The van der Waals surface area contributed by atoms with Crippen LogP contribution in [0.25, 0.3) is 10.1 Å². The predicted molar refractivity (Wildman–Crippen MR) is 87.8 cm³/mol. The molecule has 5 heteroatoms. The van der Waals surface area contributed by atoms with Gasteiger partial charge >= 0.3 is 0 Å². The molecule has 1 aromatic carbocycles. The Kier molecular flexibility index (Phi) is 4.71. The highest BCUT2D eigenvalue weighted by Crippen LogP contribution is 2.39. The van der Waals surface area contributed by atoms with Crippen molar-refractivity contribution in [2.24, 2.45) is 0 Å². The minimum Gasteiger partial charge on any atom is -0.496 e. The summed E-state index contributed by atoms with van der Waals surface area (Å²) in [6.45, 7) is 1.99. The second-order valence-electron chi connectivity index (χ2n) is 4.67. The highest BCUT2D eigenvalue weighted by Gasteiger charge is 2.20. The maximum absolute atomic E-state index is 12.4. The molecule has 1 amide bonds. The second-order valence-corrected chi connectivity index (χ2v) is 5.72. The fourth-order valence-electron chi connectivity index (χ4n) is 2.17. The Morgan fingerprint density at radius 1 is 1.57 bits per heavy atom. The van der Waals surface area contributed by atoms with Crippen LogP contribution < -0.4 is 15.8 Å². The number of nitrogens with two attached hydrogens (primary N) is 1. The summed E-state index contributed by atoms with van der Waals surface area (Å²) in [5.74, 6) is 3.07. The summed E-state index contributed by atoms with van der Waals surface area (Å²) >= 11 is 1.36. The first-order valence-electron chi connectivity index (χ1n) is 6.71. The lowest BCUT2D eigenvalue weighted by Crippen LogP contribution is -2.33. The van der Waals surface area contributed by atoms with Crippen molar-refractivity contribution in [3.05, 3.63) is 23.1 Å². The number of terminal acetylenes is 1. The minimum absolute atomic E-state index is 0.0333. The molecule has 0 aliphatic rings. The number of fused-ring (bicyclic) bond motifs is 1. The summed E-state index contributed by atoms with van der Waals surface area (Å²) in [6, 6.07) is 5.61. The molecule has 1 atom stereocenters. The molecule has 21 heavy (non-hydrogen) atoms. The van der Waals surface area contributed by atoms with Crippen LogP contribution in [0.5, 0.6) is 5.75 Å². The number of amides is 1. The van der Waals surface area contributed by atoms with Gasteiger partial charge in [-0.25, -0.2) is 0 Å². The summed E-state index contributed by atoms with van der Waals surface area (Å²) in [5, 5.41) is 3.72. The predicted octanol–water partition coefficient (Wildman–Crippen LogP) is 3.02. The van der Waals surface area contributed by atoms with E-state index in [2.05, 4.69) is 11.2 Å². The van der Waals surface area contributed by atoms with Crippen LogP contribution in [0, 0.1) is 12.3 Å². The first-order valence-corrected chi connectivity index (χ1v) is 7.53.